The summed E-state index contributed by atoms with van der Waals surface area (Å²) in [6.07, 6.45) is 9.46. The second-order valence-corrected chi connectivity index (χ2v) is 10.3. The van der Waals surface area contributed by atoms with E-state index in [4.69, 9.17) is 4.74 Å². The van der Waals surface area contributed by atoms with Crippen LogP contribution >= 0.6 is 11.3 Å². The van der Waals surface area contributed by atoms with Gasteiger partial charge in [-0.05, 0) is 49.9 Å². The van der Waals surface area contributed by atoms with E-state index in [1.807, 2.05) is 23.7 Å². The molecular formula is C25H31N5O2S. The van der Waals surface area contributed by atoms with Crippen molar-refractivity contribution in [2.75, 3.05) is 18.5 Å². The molecule has 3 aromatic heterocycles. The number of aromatic hydroxyl groups is 1. The third-order valence-corrected chi connectivity index (χ3v) is 8.13. The molecular weight excluding hydrogens is 434 g/mol. The van der Waals surface area contributed by atoms with Crippen molar-refractivity contribution in [3.8, 4) is 5.75 Å². The normalized spacial score (nSPS) is 22.9. The zero-order valence-corrected chi connectivity index (χ0v) is 20.1. The molecule has 33 heavy (non-hydrogen) atoms. The van der Waals surface area contributed by atoms with Gasteiger partial charge in [-0.3, -0.25) is 9.88 Å². The maximum atomic E-state index is 9.33. The first kappa shape index (κ1) is 22.3. The van der Waals surface area contributed by atoms with Crippen LogP contribution < -0.4 is 5.32 Å². The van der Waals surface area contributed by atoms with Crippen LogP contribution in [0.25, 0.3) is 0 Å². The predicted octanol–water partition coefficient (Wildman–Crippen LogP) is 4.27. The Morgan fingerprint density at radius 2 is 2.09 bits per heavy atom. The van der Waals surface area contributed by atoms with Crippen molar-refractivity contribution < 1.29 is 9.84 Å². The molecule has 2 aliphatic heterocycles. The number of rotatable bonds is 6. The molecule has 0 bridgehead atoms. The Hall–Kier alpha value is -2.55. The smallest absolute Gasteiger partial charge is 0.222 e. The molecule has 1 saturated heterocycles. The van der Waals surface area contributed by atoms with Crippen molar-refractivity contribution in [1.82, 2.24) is 19.9 Å². The van der Waals surface area contributed by atoms with E-state index in [2.05, 4.69) is 45.1 Å². The number of nitrogens with zero attached hydrogens (tertiary/aromatic N) is 4. The summed E-state index contributed by atoms with van der Waals surface area (Å²) >= 11 is 1.98. The van der Waals surface area contributed by atoms with Gasteiger partial charge in [0, 0.05) is 53.3 Å². The van der Waals surface area contributed by atoms with E-state index in [1.54, 1.807) is 12.1 Å². The Balaban J connectivity index is 1.19. The lowest BCUT2D eigenvalue weighted by Crippen LogP contribution is -2.50. The van der Waals surface area contributed by atoms with E-state index >= 15 is 0 Å². The molecule has 3 aromatic rings. The number of anilines is 1. The number of hydrogen-bond donors (Lipinski definition) is 2. The Kier molecular flexibility index (Phi) is 6.32. The maximum Gasteiger partial charge on any atom is 0.222 e. The summed E-state index contributed by atoms with van der Waals surface area (Å²) < 4.78 is 6.47. The Labute approximate surface area is 198 Å². The van der Waals surface area contributed by atoms with Crippen molar-refractivity contribution in [2.24, 2.45) is 0 Å². The lowest BCUT2D eigenvalue weighted by Gasteiger charge is -2.47. The third-order valence-electron chi connectivity index (χ3n) is 6.79. The molecule has 2 aliphatic rings. The highest BCUT2D eigenvalue weighted by Crippen LogP contribution is 2.46. The van der Waals surface area contributed by atoms with E-state index in [0.29, 0.717) is 18.5 Å². The van der Waals surface area contributed by atoms with E-state index in [0.717, 1.165) is 56.6 Å². The van der Waals surface area contributed by atoms with Crippen molar-refractivity contribution in [1.29, 1.82) is 0 Å². The number of fused-ring (bicyclic) bond motifs is 2. The minimum absolute atomic E-state index is 0.111. The molecule has 0 saturated carbocycles. The molecule has 0 aromatic carbocycles. The van der Waals surface area contributed by atoms with Crippen LogP contribution in [-0.2, 0) is 36.3 Å². The molecule has 2 N–H and O–H groups in total. The number of nitrogens with one attached hydrogen (secondary N) is 1. The van der Waals surface area contributed by atoms with Gasteiger partial charge in [0.15, 0.2) is 0 Å². The van der Waals surface area contributed by atoms with Crippen LogP contribution in [0.2, 0.25) is 0 Å². The molecule has 0 amide bonds. The Morgan fingerprint density at radius 3 is 2.82 bits per heavy atom. The van der Waals surface area contributed by atoms with Gasteiger partial charge in [-0.1, -0.05) is 6.92 Å². The van der Waals surface area contributed by atoms with Gasteiger partial charge < -0.3 is 15.2 Å². The lowest BCUT2D eigenvalue weighted by molar-refractivity contribution is -0.112. The molecule has 8 heteroatoms. The number of pyridine rings is 1. The average molecular weight is 466 g/mol. The molecule has 5 heterocycles. The lowest BCUT2D eigenvalue weighted by atomic mass is 9.79. The summed E-state index contributed by atoms with van der Waals surface area (Å²) in [6, 6.07) is 6.24. The van der Waals surface area contributed by atoms with Crippen LogP contribution in [0.15, 0.2) is 36.8 Å². The summed E-state index contributed by atoms with van der Waals surface area (Å²) in [5, 5.41) is 12.5. The topological polar surface area (TPSA) is 83.4 Å². The average Bonchev–Trinajstić information content (AvgIpc) is 3.27. The molecule has 174 valence electrons. The van der Waals surface area contributed by atoms with Gasteiger partial charge in [-0.25, -0.2) is 9.97 Å². The monoisotopic (exact) mass is 465 g/mol. The van der Waals surface area contributed by atoms with Crippen molar-refractivity contribution in [3.05, 3.63) is 63.4 Å². The molecule has 5 rings (SSSR count). The molecule has 2 atom stereocenters. The van der Waals surface area contributed by atoms with Crippen LogP contribution in [0.5, 0.6) is 5.75 Å². The summed E-state index contributed by atoms with van der Waals surface area (Å²) in [4.78, 5) is 18.7. The highest BCUT2D eigenvalue weighted by atomic mass is 32.1. The molecule has 0 aliphatic carbocycles. The fourth-order valence-electron chi connectivity index (χ4n) is 4.96. The van der Waals surface area contributed by atoms with Gasteiger partial charge in [0.1, 0.15) is 5.75 Å². The van der Waals surface area contributed by atoms with Gasteiger partial charge >= 0.3 is 0 Å². The SMILES string of the molecule is CCc1cc2c(s1)CCOC21CCN(Cc2cnc(NCc3ccc(O)cn3)nc2)[C@@H](C)C1. The zero-order chi connectivity index (χ0) is 22.8. The van der Waals surface area contributed by atoms with E-state index in [1.165, 1.54) is 21.5 Å². The number of hydrogen-bond acceptors (Lipinski definition) is 8. The third kappa shape index (κ3) is 4.74. The number of aromatic nitrogens is 3. The van der Waals surface area contributed by atoms with E-state index in [9.17, 15) is 5.11 Å². The number of piperidine rings is 1. The second kappa shape index (κ2) is 9.37. The highest BCUT2D eigenvalue weighted by Gasteiger charge is 2.44. The molecule has 1 unspecified atom stereocenters. The highest BCUT2D eigenvalue weighted by molar-refractivity contribution is 7.12. The van der Waals surface area contributed by atoms with E-state index in [-0.39, 0.29) is 11.4 Å². The second-order valence-electron chi connectivity index (χ2n) is 9.05. The number of likely N-dealkylation sites (tertiary alicyclic amines) is 1. The minimum Gasteiger partial charge on any atom is -0.506 e. The van der Waals surface area contributed by atoms with Crippen molar-refractivity contribution in [3.63, 3.8) is 0 Å². The number of thiophene rings is 1. The van der Waals surface area contributed by atoms with Crippen molar-refractivity contribution in [2.45, 2.75) is 64.3 Å². The molecule has 1 fully saturated rings. The van der Waals surface area contributed by atoms with Crippen LogP contribution in [0.3, 0.4) is 0 Å². The van der Waals surface area contributed by atoms with Gasteiger partial charge in [-0.2, -0.15) is 0 Å². The van der Waals surface area contributed by atoms with Crippen LogP contribution in [0.4, 0.5) is 5.95 Å². The van der Waals surface area contributed by atoms with Gasteiger partial charge in [-0.15, -0.1) is 11.3 Å². The van der Waals surface area contributed by atoms with Crippen molar-refractivity contribution >= 4 is 17.3 Å². The summed E-state index contributed by atoms with van der Waals surface area (Å²) in [6.45, 7) is 7.75. The Bertz CT molecular complexity index is 1090. The summed E-state index contributed by atoms with van der Waals surface area (Å²) in [5.41, 5.74) is 3.28. The zero-order valence-electron chi connectivity index (χ0n) is 19.3. The maximum absolute atomic E-state index is 9.33. The molecule has 0 radical (unpaired) electrons. The number of aryl methyl sites for hydroxylation is 1. The fraction of sp³-hybridized carbons (Fsp3) is 0.480. The Morgan fingerprint density at radius 1 is 1.24 bits per heavy atom. The quantitative estimate of drug-likeness (QED) is 0.563. The standard InChI is InChI=1S/C25H31N5O2S/c1-3-21-10-22-23(33-21)6-9-32-25(22)7-8-30(17(2)11-25)16-18-12-27-24(28-13-18)29-14-19-4-5-20(31)15-26-19/h4-5,10,12-13,15,17,31H,3,6-9,11,14,16H2,1-2H3,(H,27,28,29)/t17-,25?/m0/s1. The number of ether oxygens (including phenoxy) is 1. The minimum atomic E-state index is -0.111. The largest absolute Gasteiger partial charge is 0.506 e. The summed E-state index contributed by atoms with van der Waals surface area (Å²) in [5.74, 6) is 0.736. The van der Waals surface area contributed by atoms with Gasteiger partial charge in [0.2, 0.25) is 5.95 Å². The van der Waals surface area contributed by atoms with E-state index < -0.39 is 0 Å². The predicted molar refractivity (Wildman–Crippen MR) is 129 cm³/mol. The van der Waals surface area contributed by atoms with Gasteiger partial charge in [0.05, 0.1) is 30.6 Å². The first-order chi connectivity index (χ1) is 16.0. The first-order valence-corrected chi connectivity index (χ1v) is 12.5. The fourth-order valence-corrected chi connectivity index (χ4v) is 6.14. The van der Waals surface area contributed by atoms with Crippen LogP contribution in [0, 0.1) is 0 Å². The van der Waals surface area contributed by atoms with Gasteiger partial charge in [0.25, 0.3) is 0 Å². The van der Waals surface area contributed by atoms with Crippen LogP contribution in [-0.4, -0.2) is 44.2 Å². The van der Waals surface area contributed by atoms with Crippen LogP contribution in [0.1, 0.15) is 53.3 Å². The first-order valence-electron chi connectivity index (χ1n) is 11.7. The summed E-state index contributed by atoms with van der Waals surface area (Å²) in [7, 11) is 0. The molecule has 1 spiro atoms. The molecule has 7 nitrogen and oxygen atoms in total.